The molecule has 1 saturated heterocycles. The molecule has 0 spiro atoms. The van der Waals surface area contributed by atoms with Crippen molar-refractivity contribution in [2.75, 3.05) is 20.3 Å². The SMILES string of the molecule is COc1cc([N+](=O)[O-])ccc1OC1CCOC1. The number of benzene rings is 1. The van der Waals surface area contributed by atoms with Gasteiger partial charge in [0.1, 0.15) is 6.10 Å². The van der Waals surface area contributed by atoms with Crippen LogP contribution in [0.25, 0.3) is 0 Å². The second-order valence-electron chi connectivity index (χ2n) is 3.70. The van der Waals surface area contributed by atoms with Crippen molar-refractivity contribution in [3.05, 3.63) is 28.3 Å². The molecule has 92 valence electrons. The normalized spacial score (nSPS) is 19.0. The summed E-state index contributed by atoms with van der Waals surface area (Å²) >= 11 is 0. The lowest BCUT2D eigenvalue weighted by molar-refractivity contribution is -0.385. The fourth-order valence-electron chi connectivity index (χ4n) is 1.65. The number of methoxy groups -OCH3 is 1. The lowest BCUT2D eigenvalue weighted by Crippen LogP contribution is -2.16. The molecule has 6 nitrogen and oxygen atoms in total. The minimum atomic E-state index is -0.467. The maximum absolute atomic E-state index is 10.6. The number of rotatable bonds is 4. The predicted molar refractivity (Wildman–Crippen MR) is 59.5 cm³/mol. The predicted octanol–water partition coefficient (Wildman–Crippen LogP) is 1.77. The lowest BCUT2D eigenvalue weighted by atomic mass is 10.2. The lowest BCUT2D eigenvalue weighted by Gasteiger charge is -2.14. The molecule has 0 bridgehead atoms. The molecule has 1 aliphatic heterocycles. The summed E-state index contributed by atoms with van der Waals surface area (Å²) in [4.78, 5) is 10.1. The number of hydrogen-bond donors (Lipinski definition) is 0. The molecule has 1 aromatic carbocycles. The third-order valence-corrected chi connectivity index (χ3v) is 2.54. The van der Waals surface area contributed by atoms with Gasteiger partial charge in [0.25, 0.3) is 5.69 Å². The Kier molecular flexibility index (Phi) is 3.43. The number of nitro groups is 1. The fourth-order valence-corrected chi connectivity index (χ4v) is 1.65. The van der Waals surface area contributed by atoms with Crippen LogP contribution in [-0.4, -0.2) is 31.4 Å². The highest BCUT2D eigenvalue weighted by molar-refractivity contribution is 5.48. The molecule has 0 amide bonds. The third kappa shape index (κ3) is 2.65. The monoisotopic (exact) mass is 239 g/mol. The van der Waals surface area contributed by atoms with Crippen molar-refractivity contribution >= 4 is 5.69 Å². The van der Waals surface area contributed by atoms with E-state index in [0.717, 1.165) is 6.42 Å². The van der Waals surface area contributed by atoms with Crippen LogP contribution in [-0.2, 0) is 4.74 Å². The van der Waals surface area contributed by atoms with Gasteiger partial charge in [-0.2, -0.15) is 0 Å². The number of ether oxygens (including phenoxy) is 3. The molecule has 1 heterocycles. The molecule has 1 aliphatic rings. The molecule has 1 aromatic rings. The Morgan fingerprint density at radius 3 is 2.88 bits per heavy atom. The Labute approximate surface area is 98.2 Å². The second kappa shape index (κ2) is 5.01. The highest BCUT2D eigenvalue weighted by atomic mass is 16.6. The van der Waals surface area contributed by atoms with Crippen molar-refractivity contribution in [1.82, 2.24) is 0 Å². The van der Waals surface area contributed by atoms with Crippen LogP contribution in [0.5, 0.6) is 11.5 Å². The van der Waals surface area contributed by atoms with Crippen molar-refractivity contribution in [3.63, 3.8) is 0 Å². The molecule has 0 N–H and O–H groups in total. The van der Waals surface area contributed by atoms with Crippen LogP contribution in [0, 0.1) is 10.1 Å². The molecule has 0 aromatic heterocycles. The van der Waals surface area contributed by atoms with E-state index in [1.54, 1.807) is 6.07 Å². The number of non-ortho nitro benzene ring substituents is 1. The summed E-state index contributed by atoms with van der Waals surface area (Å²) in [6.45, 7) is 1.22. The first kappa shape index (κ1) is 11.7. The molecule has 6 heteroatoms. The summed E-state index contributed by atoms with van der Waals surface area (Å²) in [5, 5.41) is 10.6. The van der Waals surface area contributed by atoms with Gasteiger partial charge < -0.3 is 14.2 Å². The van der Waals surface area contributed by atoms with Gasteiger partial charge in [0.05, 0.1) is 31.3 Å². The van der Waals surface area contributed by atoms with Crippen LogP contribution in [0.3, 0.4) is 0 Å². The third-order valence-electron chi connectivity index (χ3n) is 2.54. The summed E-state index contributed by atoms with van der Waals surface area (Å²) in [6, 6.07) is 4.30. The Balaban J connectivity index is 2.18. The molecule has 17 heavy (non-hydrogen) atoms. The first-order chi connectivity index (χ1) is 8.20. The zero-order chi connectivity index (χ0) is 12.3. The van der Waals surface area contributed by atoms with E-state index in [9.17, 15) is 10.1 Å². The van der Waals surface area contributed by atoms with Crippen molar-refractivity contribution in [2.45, 2.75) is 12.5 Å². The van der Waals surface area contributed by atoms with Crippen LogP contribution >= 0.6 is 0 Å². The van der Waals surface area contributed by atoms with Crippen molar-refractivity contribution in [1.29, 1.82) is 0 Å². The van der Waals surface area contributed by atoms with Gasteiger partial charge in [0.2, 0.25) is 0 Å². The van der Waals surface area contributed by atoms with Crippen LogP contribution < -0.4 is 9.47 Å². The summed E-state index contributed by atoms with van der Waals surface area (Å²) in [5.41, 5.74) is -0.0168. The summed E-state index contributed by atoms with van der Waals surface area (Å²) in [5.74, 6) is 0.875. The molecule has 1 fully saturated rings. The first-order valence-electron chi connectivity index (χ1n) is 5.27. The molecule has 1 unspecified atom stereocenters. The average Bonchev–Trinajstić information content (AvgIpc) is 2.82. The van der Waals surface area contributed by atoms with E-state index >= 15 is 0 Å². The zero-order valence-electron chi connectivity index (χ0n) is 9.42. The van der Waals surface area contributed by atoms with E-state index < -0.39 is 4.92 Å². The highest BCUT2D eigenvalue weighted by Crippen LogP contribution is 2.32. The molecule has 0 aliphatic carbocycles. The van der Waals surface area contributed by atoms with Gasteiger partial charge in [0, 0.05) is 12.5 Å². The average molecular weight is 239 g/mol. The van der Waals surface area contributed by atoms with Gasteiger partial charge >= 0.3 is 0 Å². The second-order valence-corrected chi connectivity index (χ2v) is 3.70. The standard InChI is InChI=1S/C11H13NO5/c1-15-11-6-8(12(13)14)2-3-10(11)17-9-4-5-16-7-9/h2-3,6,9H,4-5,7H2,1H3. The quantitative estimate of drug-likeness (QED) is 0.591. The molecule has 2 rings (SSSR count). The van der Waals surface area contributed by atoms with E-state index in [0.29, 0.717) is 24.7 Å². The largest absolute Gasteiger partial charge is 0.493 e. The van der Waals surface area contributed by atoms with Crippen molar-refractivity contribution in [2.24, 2.45) is 0 Å². The van der Waals surface area contributed by atoms with E-state index in [4.69, 9.17) is 14.2 Å². The maximum Gasteiger partial charge on any atom is 0.273 e. The first-order valence-corrected chi connectivity index (χ1v) is 5.27. The zero-order valence-corrected chi connectivity index (χ0v) is 9.42. The van der Waals surface area contributed by atoms with Crippen LogP contribution in [0.1, 0.15) is 6.42 Å². The minimum Gasteiger partial charge on any atom is -0.493 e. The topological polar surface area (TPSA) is 70.8 Å². The Morgan fingerprint density at radius 2 is 2.29 bits per heavy atom. The van der Waals surface area contributed by atoms with Crippen molar-refractivity contribution in [3.8, 4) is 11.5 Å². The molecular weight excluding hydrogens is 226 g/mol. The molecule has 1 atom stereocenters. The number of nitrogens with zero attached hydrogens (tertiary/aromatic N) is 1. The van der Waals surface area contributed by atoms with Gasteiger partial charge in [-0.15, -0.1) is 0 Å². The summed E-state index contributed by atoms with van der Waals surface area (Å²) in [6.07, 6.45) is 0.811. The van der Waals surface area contributed by atoms with Gasteiger partial charge in [-0.1, -0.05) is 0 Å². The summed E-state index contributed by atoms with van der Waals surface area (Å²) in [7, 11) is 1.46. The van der Waals surface area contributed by atoms with Gasteiger partial charge in [-0.05, 0) is 6.07 Å². The van der Waals surface area contributed by atoms with E-state index in [-0.39, 0.29) is 11.8 Å². The number of hydrogen-bond acceptors (Lipinski definition) is 5. The van der Waals surface area contributed by atoms with Crippen LogP contribution in [0.4, 0.5) is 5.69 Å². The Hall–Kier alpha value is -1.82. The Morgan fingerprint density at radius 1 is 1.47 bits per heavy atom. The van der Waals surface area contributed by atoms with Crippen LogP contribution in [0.15, 0.2) is 18.2 Å². The molecule has 0 saturated carbocycles. The van der Waals surface area contributed by atoms with E-state index in [2.05, 4.69) is 0 Å². The minimum absolute atomic E-state index is 0.00893. The fraction of sp³-hybridized carbons (Fsp3) is 0.455. The number of nitro benzene ring substituents is 1. The van der Waals surface area contributed by atoms with Crippen LogP contribution in [0.2, 0.25) is 0 Å². The van der Waals surface area contributed by atoms with Gasteiger partial charge in [-0.3, -0.25) is 10.1 Å². The maximum atomic E-state index is 10.6. The van der Waals surface area contributed by atoms with Gasteiger partial charge in [-0.25, -0.2) is 0 Å². The van der Waals surface area contributed by atoms with Gasteiger partial charge in [0.15, 0.2) is 11.5 Å². The van der Waals surface area contributed by atoms with E-state index in [1.807, 2.05) is 0 Å². The van der Waals surface area contributed by atoms with E-state index in [1.165, 1.54) is 19.2 Å². The van der Waals surface area contributed by atoms with Crippen molar-refractivity contribution < 1.29 is 19.1 Å². The Bertz CT molecular complexity index is 414. The summed E-state index contributed by atoms with van der Waals surface area (Å²) < 4.78 is 15.9. The smallest absolute Gasteiger partial charge is 0.273 e. The molecule has 0 radical (unpaired) electrons. The highest BCUT2D eigenvalue weighted by Gasteiger charge is 2.20. The molecular formula is C11H13NO5.